The lowest BCUT2D eigenvalue weighted by Gasteiger charge is -2.23. The molecule has 0 aliphatic rings. The Morgan fingerprint density at radius 3 is 2.47 bits per heavy atom. The Bertz CT molecular complexity index is 164. The quantitative estimate of drug-likeness (QED) is 0.467. The van der Waals surface area contributed by atoms with Gasteiger partial charge in [-0.2, -0.15) is 0 Å². The third-order valence-corrected chi connectivity index (χ3v) is 2.32. The predicted molar refractivity (Wildman–Crippen MR) is 69.3 cm³/mol. The molecule has 0 rings (SSSR count). The lowest BCUT2D eigenvalue weighted by Crippen LogP contribution is -2.32. The lowest BCUT2D eigenvalue weighted by atomic mass is 10.2. The van der Waals surface area contributed by atoms with E-state index in [9.17, 15) is 0 Å². The zero-order chi connectivity index (χ0) is 11.7. The van der Waals surface area contributed by atoms with Crippen molar-refractivity contribution in [2.24, 2.45) is 5.92 Å². The smallest absolute Gasteiger partial charge is 0.0202 e. The SMILES string of the molecule is C=C(CNCCC)CN(CC)CC(C)C. The Kier molecular flexibility index (Phi) is 8.73. The van der Waals surface area contributed by atoms with E-state index in [1.54, 1.807) is 0 Å². The van der Waals surface area contributed by atoms with Crippen molar-refractivity contribution in [3.63, 3.8) is 0 Å². The highest BCUT2D eigenvalue weighted by molar-refractivity contribution is 4.99. The summed E-state index contributed by atoms with van der Waals surface area (Å²) in [5.41, 5.74) is 1.30. The maximum Gasteiger partial charge on any atom is 0.0202 e. The summed E-state index contributed by atoms with van der Waals surface area (Å²) in [6.07, 6.45) is 1.19. The molecular weight excluding hydrogens is 184 g/mol. The Hall–Kier alpha value is -0.340. The van der Waals surface area contributed by atoms with Crippen molar-refractivity contribution < 1.29 is 0 Å². The van der Waals surface area contributed by atoms with Gasteiger partial charge in [0.15, 0.2) is 0 Å². The first kappa shape index (κ1) is 14.7. The number of hydrogen-bond donors (Lipinski definition) is 1. The van der Waals surface area contributed by atoms with Gasteiger partial charge < -0.3 is 5.32 Å². The second-order valence-corrected chi connectivity index (χ2v) is 4.65. The van der Waals surface area contributed by atoms with E-state index in [1.165, 1.54) is 18.5 Å². The van der Waals surface area contributed by atoms with Crippen LogP contribution < -0.4 is 5.32 Å². The fourth-order valence-electron chi connectivity index (χ4n) is 1.64. The summed E-state index contributed by atoms with van der Waals surface area (Å²) >= 11 is 0. The van der Waals surface area contributed by atoms with Crippen LogP contribution in [-0.2, 0) is 0 Å². The van der Waals surface area contributed by atoms with Crippen LogP contribution in [-0.4, -0.2) is 37.6 Å². The molecule has 0 saturated heterocycles. The molecule has 2 heteroatoms. The van der Waals surface area contributed by atoms with Gasteiger partial charge in [0.2, 0.25) is 0 Å². The normalized spacial score (nSPS) is 11.3. The summed E-state index contributed by atoms with van der Waals surface area (Å²) in [4.78, 5) is 2.46. The van der Waals surface area contributed by atoms with E-state index in [1.807, 2.05) is 0 Å². The van der Waals surface area contributed by atoms with Crippen LogP contribution in [0.2, 0.25) is 0 Å². The van der Waals surface area contributed by atoms with Gasteiger partial charge in [0, 0.05) is 19.6 Å². The maximum atomic E-state index is 4.12. The van der Waals surface area contributed by atoms with Crippen LogP contribution in [0.1, 0.15) is 34.1 Å². The molecule has 0 aromatic rings. The van der Waals surface area contributed by atoms with Crippen molar-refractivity contribution in [2.45, 2.75) is 34.1 Å². The Morgan fingerprint density at radius 2 is 2.00 bits per heavy atom. The molecule has 0 spiro atoms. The minimum Gasteiger partial charge on any atom is -0.313 e. The van der Waals surface area contributed by atoms with Crippen molar-refractivity contribution in [3.05, 3.63) is 12.2 Å². The predicted octanol–water partition coefficient (Wildman–Crippen LogP) is 2.52. The highest BCUT2D eigenvalue weighted by Gasteiger charge is 2.06. The van der Waals surface area contributed by atoms with E-state index in [-0.39, 0.29) is 0 Å². The summed E-state index contributed by atoms with van der Waals surface area (Å²) in [6.45, 7) is 18.4. The third-order valence-electron chi connectivity index (χ3n) is 2.32. The van der Waals surface area contributed by atoms with E-state index in [4.69, 9.17) is 0 Å². The summed E-state index contributed by atoms with van der Waals surface area (Å²) in [6, 6.07) is 0. The Morgan fingerprint density at radius 1 is 1.33 bits per heavy atom. The molecule has 0 fully saturated rings. The molecule has 0 aromatic heterocycles. The summed E-state index contributed by atoms with van der Waals surface area (Å²) in [5.74, 6) is 0.737. The molecule has 0 heterocycles. The van der Waals surface area contributed by atoms with Crippen molar-refractivity contribution in [2.75, 3.05) is 32.7 Å². The third kappa shape index (κ3) is 8.64. The van der Waals surface area contributed by atoms with Crippen molar-refractivity contribution in [3.8, 4) is 0 Å². The summed E-state index contributed by atoms with van der Waals surface area (Å²) < 4.78 is 0. The van der Waals surface area contributed by atoms with Gasteiger partial charge in [-0.25, -0.2) is 0 Å². The first-order chi connectivity index (χ1) is 7.10. The highest BCUT2D eigenvalue weighted by atomic mass is 15.1. The molecule has 1 N–H and O–H groups in total. The molecule has 0 radical (unpaired) electrons. The number of nitrogens with zero attached hydrogens (tertiary/aromatic N) is 1. The summed E-state index contributed by atoms with van der Waals surface area (Å²) in [5, 5.41) is 3.39. The summed E-state index contributed by atoms with van der Waals surface area (Å²) in [7, 11) is 0. The Balaban J connectivity index is 3.70. The van der Waals surface area contributed by atoms with Crippen molar-refractivity contribution in [1.82, 2.24) is 10.2 Å². The van der Waals surface area contributed by atoms with Crippen LogP contribution in [0.4, 0.5) is 0 Å². The average molecular weight is 212 g/mol. The van der Waals surface area contributed by atoms with Crippen molar-refractivity contribution in [1.29, 1.82) is 0 Å². The molecule has 0 atom stereocenters. The molecule has 2 nitrogen and oxygen atoms in total. The zero-order valence-electron chi connectivity index (χ0n) is 11.0. The number of rotatable bonds is 9. The minimum absolute atomic E-state index is 0.737. The van der Waals surface area contributed by atoms with E-state index in [0.29, 0.717) is 0 Å². The molecule has 0 aliphatic heterocycles. The van der Waals surface area contributed by atoms with Crippen LogP contribution in [0.15, 0.2) is 12.2 Å². The molecule has 0 bridgehead atoms. The van der Waals surface area contributed by atoms with Gasteiger partial charge in [0.05, 0.1) is 0 Å². The molecule has 0 aromatic carbocycles. The fourth-order valence-corrected chi connectivity index (χ4v) is 1.64. The highest BCUT2D eigenvalue weighted by Crippen LogP contribution is 2.01. The van der Waals surface area contributed by atoms with Gasteiger partial charge in [0.1, 0.15) is 0 Å². The average Bonchev–Trinajstić information content (AvgIpc) is 2.16. The van der Waals surface area contributed by atoms with E-state index >= 15 is 0 Å². The molecule has 15 heavy (non-hydrogen) atoms. The number of hydrogen-bond acceptors (Lipinski definition) is 2. The first-order valence-corrected chi connectivity index (χ1v) is 6.19. The second-order valence-electron chi connectivity index (χ2n) is 4.65. The van der Waals surface area contributed by atoms with Crippen LogP contribution in [0.3, 0.4) is 0 Å². The van der Waals surface area contributed by atoms with Crippen LogP contribution >= 0.6 is 0 Å². The molecule has 0 amide bonds. The maximum absolute atomic E-state index is 4.12. The van der Waals surface area contributed by atoms with Crippen LogP contribution in [0, 0.1) is 5.92 Å². The molecule has 90 valence electrons. The van der Waals surface area contributed by atoms with Crippen molar-refractivity contribution >= 4 is 0 Å². The standard InChI is InChI=1S/C13H28N2/c1-6-8-14-9-13(5)11-15(7-2)10-12(3)4/h12,14H,5-11H2,1-4H3. The monoisotopic (exact) mass is 212 g/mol. The van der Waals surface area contributed by atoms with Gasteiger partial charge >= 0.3 is 0 Å². The van der Waals surface area contributed by atoms with Gasteiger partial charge in [-0.3, -0.25) is 4.90 Å². The van der Waals surface area contributed by atoms with E-state index in [2.05, 4.69) is 44.5 Å². The van der Waals surface area contributed by atoms with E-state index in [0.717, 1.165) is 32.1 Å². The lowest BCUT2D eigenvalue weighted by molar-refractivity contribution is 0.275. The zero-order valence-corrected chi connectivity index (χ0v) is 11.0. The molecule has 0 unspecified atom stereocenters. The molecule has 0 saturated carbocycles. The largest absolute Gasteiger partial charge is 0.313 e. The topological polar surface area (TPSA) is 15.3 Å². The Labute approximate surface area is 95.7 Å². The first-order valence-electron chi connectivity index (χ1n) is 6.19. The van der Waals surface area contributed by atoms with Gasteiger partial charge in [-0.15, -0.1) is 0 Å². The van der Waals surface area contributed by atoms with E-state index < -0.39 is 0 Å². The van der Waals surface area contributed by atoms with Crippen LogP contribution in [0.25, 0.3) is 0 Å². The van der Waals surface area contributed by atoms with Gasteiger partial charge in [-0.05, 0) is 31.0 Å². The van der Waals surface area contributed by atoms with Crippen LogP contribution in [0.5, 0.6) is 0 Å². The van der Waals surface area contributed by atoms with Gasteiger partial charge in [0.25, 0.3) is 0 Å². The number of nitrogens with one attached hydrogen (secondary N) is 1. The fraction of sp³-hybridized carbons (Fsp3) is 0.846. The second kappa shape index (κ2) is 8.93. The molecular formula is C13H28N2. The number of likely N-dealkylation sites (N-methyl/N-ethyl adjacent to an activating group) is 1. The van der Waals surface area contributed by atoms with Gasteiger partial charge in [-0.1, -0.05) is 34.3 Å². The minimum atomic E-state index is 0.737. The molecule has 0 aliphatic carbocycles.